The van der Waals surface area contributed by atoms with Gasteiger partial charge in [-0.15, -0.1) is 0 Å². The maximum Gasteiger partial charge on any atom is 0.227 e. The van der Waals surface area contributed by atoms with Gasteiger partial charge in [-0.25, -0.2) is 4.98 Å². The van der Waals surface area contributed by atoms with E-state index in [9.17, 15) is 0 Å². The monoisotopic (exact) mass is 350 g/mol. The zero-order chi connectivity index (χ0) is 17.1. The van der Waals surface area contributed by atoms with Gasteiger partial charge in [-0.05, 0) is 35.2 Å². The van der Waals surface area contributed by atoms with Crippen LogP contribution in [0.15, 0.2) is 60.8 Å². The van der Waals surface area contributed by atoms with E-state index in [-0.39, 0.29) is 0 Å². The molecule has 4 nitrogen and oxygen atoms in total. The first-order valence-electron chi connectivity index (χ1n) is 8.41. The van der Waals surface area contributed by atoms with Crippen molar-refractivity contribution in [3.05, 3.63) is 82.5 Å². The van der Waals surface area contributed by atoms with E-state index in [1.165, 1.54) is 11.1 Å². The number of fused-ring (bicyclic) bond motifs is 1. The van der Waals surface area contributed by atoms with Crippen molar-refractivity contribution >= 4 is 23.4 Å². The van der Waals surface area contributed by atoms with E-state index in [4.69, 9.17) is 11.6 Å². The molecular formula is C20H19ClN4. The molecule has 2 heterocycles. The maximum absolute atomic E-state index is 6.21. The molecule has 1 aromatic heterocycles. The Balaban J connectivity index is 1.48. The summed E-state index contributed by atoms with van der Waals surface area (Å²) in [5, 5.41) is 4.10. The Morgan fingerprint density at radius 3 is 2.68 bits per heavy atom. The summed E-state index contributed by atoms with van der Waals surface area (Å²) in [5.41, 5.74) is 3.83. The lowest BCUT2D eigenvalue weighted by molar-refractivity contribution is 0.708. The van der Waals surface area contributed by atoms with E-state index in [0.717, 1.165) is 41.9 Å². The molecule has 0 atom stereocenters. The van der Waals surface area contributed by atoms with Crippen LogP contribution in [0.5, 0.6) is 0 Å². The average molecular weight is 351 g/mol. The Morgan fingerprint density at radius 2 is 1.80 bits per heavy atom. The highest BCUT2D eigenvalue weighted by Gasteiger charge is 2.18. The molecule has 2 aromatic carbocycles. The highest BCUT2D eigenvalue weighted by Crippen LogP contribution is 2.23. The Bertz CT molecular complexity index is 881. The summed E-state index contributed by atoms with van der Waals surface area (Å²) in [6.45, 7) is 2.42. The number of rotatable bonds is 4. The van der Waals surface area contributed by atoms with Crippen LogP contribution in [0.1, 0.15) is 16.7 Å². The second-order valence-electron chi connectivity index (χ2n) is 6.13. The fourth-order valence-corrected chi connectivity index (χ4v) is 3.30. The van der Waals surface area contributed by atoms with Crippen LogP contribution in [0, 0.1) is 0 Å². The third-order valence-electron chi connectivity index (χ3n) is 4.47. The van der Waals surface area contributed by atoms with Crippen molar-refractivity contribution in [3.8, 4) is 0 Å². The maximum atomic E-state index is 6.21. The van der Waals surface area contributed by atoms with Crippen LogP contribution in [-0.2, 0) is 19.5 Å². The number of nitrogens with zero attached hydrogens (tertiary/aromatic N) is 3. The van der Waals surface area contributed by atoms with Gasteiger partial charge in [0, 0.05) is 30.9 Å². The van der Waals surface area contributed by atoms with E-state index < -0.39 is 0 Å². The molecule has 3 aromatic rings. The average Bonchev–Trinajstić information content (AvgIpc) is 2.67. The molecule has 25 heavy (non-hydrogen) atoms. The summed E-state index contributed by atoms with van der Waals surface area (Å²) >= 11 is 6.21. The number of nitrogens with one attached hydrogen (secondary N) is 1. The normalized spacial score (nSPS) is 13.4. The number of benzene rings is 2. The zero-order valence-corrected chi connectivity index (χ0v) is 14.6. The first-order valence-corrected chi connectivity index (χ1v) is 8.79. The van der Waals surface area contributed by atoms with Gasteiger partial charge in [0.05, 0.1) is 0 Å². The van der Waals surface area contributed by atoms with Crippen molar-refractivity contribution in [2.24, 2.45) is 0 Å². The zero-order valence-electron chi connectivity index (χ0n) is 13.8. The molecule has 0 saturated carbocycles. The van der Waals surface area contributed by atoms with E-state index in [1.807, 2.05) is 30.3 Å². The standard InChI is InChI=1S/C20H19ClN4/c21-18-8-4-3-6-16(18)13-23-19-9-11-22-20(24-19)25-12-10-15-5-1-2-7-17(15)14-25/h1-9,11H,10,12-14H2,(H,22,23,24). The van der Waals surface area contributed by atoms with Gasteiger partial charge in [0.2, 0.25) is 5.95 Å². The molecule has 0 aliphatic carbocycles. The molecule has 0 amide bonds. The van der Waals surface area contributed by atoms with Crippen LogP contribution in [0.25, 0.3) is 0 Å². The molecule has 1 N–H and O–H groups in total. The lowest BCUT2D eigenvalue weighted by atomic mass is 10.0. The smallest absolute Gasteiger partial charge is 0.227 e. The van der Waals surface area contributed by atoms with Crippen molar-refractivity contribution in [1.29, 1.82) is 0 Å². The van der Waals surface area contributed by atoms with Crippen molar-refractivity contribution < 1.29 is 0 Å². The van der Waals surface area contributed by atoms with E-state index in [1.54, 1.807) is 6.20 Å². The first-order chi connectivity index (χ1) is 12.3. The molecule has 0 fully saturated rings. The minimum atomic E-state index is 0.638. The molecule has 0 bridgehead atoms. The van der Waals surface area contributed by atoms with Gasteiger partial charge >= 0.3 is 0 Å². The molecule has 0 spiro atoms. The third kappa shape index (κ3) is 3.59. The molecule has 126 valence electrons. The van der Waals surface area contributed by atoms with E-state index >= 15 is 0 Å². The third-order valence-corrected chi connectivity index (χ3v) is 4.84. The molecule has 4 rings (SSSR count). The summed E-state index contributed by atoms with van der Waals surface area (Å²) in [7, 11) is 0. The number of hydrogen-bond donors (Lipinski definition) is 1. The summed E-state index contributed by atoms with van der Waals surface area (Å²) < 4.78 is 0. The summed E-state index contributed by atoms with van der Waals surface area (Å²) in [4.78, 5) is 11.4. The largest absolute Gasteiger partial charge is 0.366 e. The Hall–Kier alpha value is -2.59. The second kappa shape index (κ2) is 7.11. The van der Waals surface area contributed by atoms with Crippen molar-refractivity contribution in [3.63, 3.8) is 0 Å². The molecule has 0 unspecified atom stereocenters. The first kappa shape index (κ1) is 15.9. The van der Waals surface area contributed by atoms with Crippen LogP contribution < -0.4 is 10.2 Å². The quantitative estimate of drug-likeness (QED) is 0.761. The number of aromatic nitrogens is 2. The van der Waals surface area contributed by atoms with Gasteiger partial charge in [0.15, 0.2) is 0 Å². The highest BCUT2D eigenvalue weighted by atomic mass is 35.5. The van der Waals surface area contributed by atoms with E-state index in [0.29, 0.717) is 6.54 Å². The minimum absolute atomic E-state index is 0.638. The van der Waals surface area contributed by atoms with Gasteiger partial charge in [-0.1, -0.05) is 54.1 Å². The second-order valence-corrected chi connectivity index (χ2v) is 6.53. The van der Waals surface area contributed by atoms with Crippen molar-refractivity contribution in [2.75, 3.05) is 16.8 Å². The highest BCUT2D eigenvalue weighted by molar-refractivity contribution is 6.31. The van der Waals surface area contributed by atoms with Gasteiger partial charge in [-0.3, -0.25) is 0 Å². The van der Waals surface area contributed by atoms with Crippen LogP contribution >= 0.6 is 11.6 Å². The Labute approximate surface area is 152 Å². The molecule has 1 aliphatic heterocycles. The predicted molar refractivity (Wildman–Crippen MR) is 102 cm³/mol. The predicted octanol–water partition coefficient (Wildman–Crippen LogP) is 4.30. The molecule has 1 aliphatic rings. The fraction of sp³-hybridized carbons (Fsp3) is 0.200. The number of anilines is 2. The molecule has 5 heteroatoms. The van der Waals surface area contributed by atoms with Crippen LogP contribution in [0.4, 0.5) is 11.8 Å². The van der Waals surface area contributed by atoms with Crippen LogP contribution in [0.2, 0.25) is 5.02 Å². The molecule has 0 radical (unpaired) electrons. The van der Waals surface area contributed by atoms with Crippen molar-refractivity contribution in [1.82, 2.24) is 9.97 Å². The van der Waals surface area contributed by atoms with Crippen molar-refractivity contribution in [2.45, 2.75) is 19.5 Å². The number of hydrogen-bond acceptors (Lipinski definition) is 4. The summed E-state index contributed by atoms with van der Waals surface area (Å²) in [6, 6.07) is 18.3. The van der Waals surface area contributed by atoms with Gasteiger partial charge in [0.25, 0.3) is 0 Å². The lowest BCUT2D eigenvalue weighted by Gasteiger charge is -2.28. The SMILES string of the molecule is Clc1ccccc1CNc1ccnc(N2CCc3ccccc3C2)n1. The van der Waals surface area contributed by atoms with Gasteiger partial charge < -0.3 is 10.2 Å². The number of halogens is 1. The molecule has 0 saturated heterocycles. The fourth-order valence-electron chi connectivity index (χ4n) is 3.09. The molecular weight excluding hydrogens is 332 g/mol. The van der Waals surface area contributed by atoms with Crippen LogP contribution in [0.3, 0.4) is 0 Å². The summed E-state index contributed by atoms with van der Waals surface area (Å²) in [6.07, 6.45) is 2.83. The Morgan fingerprint density at radius 1 is 1.00 bits per heavy atom. The Kier molecular flexibility index (Phi) is 4.53. The van der Waals surface area contributed by atoms with E-state index in [2.05, 4.69) is 44.5 Å². The van der Waals surface area contributed by atoms with Gasteiger partial charge in [0.1, 0.15) is 5.82 Å². The topological polar surface area (TPSA) is 41.1 Å². The minimum Gasteiger partial charge on any atom is -0.366 e. The summed E-state index contributed by atoms with van der Waals surface area (Å²) in [5.74, 6) is 1.57. The lowest BCUT2D eigenvalue weighted by Crippen LogP contribution is -2.31. The van der Waals surface area contributed by atoms with Crippen LogP contribution in [-0.4, -0.2) is 16.5 Å². The van der Waals surface area contributed by atoms with Gasteiger partial charge in [-0.2, -0.15) is 4.98 Å².